The number of phenols is 1. The SMILES string of the molecule is CN(C)[C@@H]1C(=O)C(C(N)=O)=C(O)[C@@]2(O)C(=O)C3=C(O)c4c(O)ccc(CCS(C)(C)C)c4C[C@H]3C[C@@H]12. The van der Waals surface area contributed by atoms with Gasteiger partial charge in [0.2, 0.25) is 5.78 Å². The molecule has 4 rings (SSSR count). The lowest BCUT2D eigenvalue weighted by atomic mass is 9.57. The van der Waals surface area contributed by atoms with Gasteiger partial charge in [-0.3, -0.25) is 19.3 Å². The minimum atomic E-state index is -2.62. The standard InChI is InChI=1S/C26H34N2O7S/c1-28(2)20-15-11-13-10-14-12(8-9-36(3,4)5)6-7-16(29)18(14)21(30)17(13)23(32)26(15,35)24(33)19(22(20)31)25(27)34/h6-7,13,15,20,29-30,33,35H,8-11H2,1-5H3,(H2,27,34)/t13-,15-,20-,26-/m0/s1. The number of aromatic hydroxyl groups is 1. The molecule has 196 valence electrons. The molecule has 4 atom stereocenters. The average molecular weight is 519 g/mol. The first-order valence-corrected chi connectivity index (χ1v) is 14.8. The number of aliphatic hydroxyl groups excluding tert-OH is 2. The second-order valence-electron chi connectivity index (χ2n) is 11.1. The summed E-state index contributed by atoms with van der Waals surface area (Å²) in [6, 6.07) is 2.23. The summed E-state index contributed by atoms with van der Waals surface area (Å²) >= 11 is 0. The van der Waals surface area contributed by atoms with Crippen LogP contribution in [-0.4, -0.2) is 93.1 Å². The summed E-state index contributed by atoms with van der Waals surface area (Å²) in [5, 5.41) is 44.4. The van der Waals surface area contributed by atoms with E-state index in [0.29, 0.717) is 6.42 Å². The highest BCUT2D eigenvalue weighted by Gasteiger charge is 2.64. The predicted octanol–water partition coefficient (Wildman–Crippen LogP) is 1.20. The summed E-state index contributed by atoms with van der Waals surface area (Å²) in [5.41, 5.74) is 3.63. The number of amides is 1. The zero-order valence-corrected chi connectivity index (χ0v) is 22.0. The van der Waals surface area contributed by atoms with Crippen molar-refractivity contribution in [1.29, 1.82) is 0 Å². The van der Waals surface area contributed by atoms with Gasteiger partial charge in [0, 0.05) is 11.5 Å². The van der Waals surface area contributed by atoms with Gasteiger partial charge in [0.05, 0.1) is 11.6 Å². The Kier molecular flexibility index (Phi) is 6.30. The largest absolute Gasteiger partial charge is 0.508 e. The van der Waals surface area contributed by atoms with E-state index in [1.807, 2.05) is 6.07 Å². The molecule has 0 radical (unpaired) electrons. The Labute approximate surface area is 211 Å². The fourth-order valence-corrected chi connectivity index (χ4v) is 6.79. The summed E-state index contributed by atoms with van der Waals surface area (Å²) in [6.45, 7) is 0. The summed E-state index contributed by atoms with van der Waals surface area (Å²) in [5.74, 6) is -5.41. The molecule has 6 N–H and O–H groups in total. The van der Waals surface area contributed by atoms with Crippen LogP contribution in [0.4, 0.5) is 0 Å². The summed E-state index contributed by atoms with van der Waals surface area (Å²) in [4.78, 5) is 40.5. The van der Waals surface area contributed by atoms with E-state index in [2.05, 4.69) is 18.8 Å². The van der Waals surface area contributed by atoms with Crippen molar-refractivity contribution in [2.24, 2.45) is 17.6 Å². The number of aryl methyl sites for hydroxylation is 1. The molecule has 36 heavy (non-hydrogen) atoms. The van der Waals surface area contributed by atoms with Gasteiger partial charge in [0.15, 0.2) is 11.4 Å². The van der Waals surface area contributed by atoms with E-state index in [-0.39, 0.29) is 23.3 Å². The Morgan fingerprint density at radius 2 is 1.81 bits per heavy atom. The van der Waals surface area contributed by atoms with Crippen LogP contribution >= 0.6 is 10.0 Å². The van der Waals surface area contributed by atoms with Crippen LogP contribution in [0.25, 0.3) is 5.76 Å². The number of carbonyl (C=O) groups is 3. The maximum Gasteiger partial charge on any atom is 0.255 e. The molecule has 0 heterocycles. The molecule has 0 spiro atoms. The smallest absolute Gasteiger partial charge is 0.255 e. The van der Waals surface area contributed by atoms with E-state index in [9.17, 15) is 34.8 Å². The predicted molar refractivity (Wildman–Crippen MR) is 138 cm³/mol. The van der Waals surface area contributed by atoms with Crippen LogP contribution in [-0.2, 0) is 27.2 Å². The number of hydrogen-bond donors (Lipinski definition) is 5. The van der Waals surface area contributed by atoms with Gasteiger partial charge in [-0.2, -0.15) is 0 Å². The van der Waals surface area contributed by atoms with Crippen LogP contribution in [0.3, 0.4) is 0 Å². The maximum absolute atomic E-state index is 13.8. The molecule has 1 aromatic rings. The first-order chi connectivity index (χ1) is 16.6. The number of nitrogens with zero attached hydrogens (tertiary/aromatic N) is 1. The van der Waals surface area contributed by atoms with Crippen LogP contribution in [0.2, 0.25) is 0 Å². The van der Waals surface area contributed by atoms with Crippen molar-refractivity contribution in [1.82, 2.24) is 4.90 Å². The zero-order chi connectivity index (χ0) is 26.9. The Morgan fingerprint density at radius 3 is 2.36 bits per heavy atom. The molecule has 0 aromatic heterocycles. The van der Waals surface area contributed by atoms with Gasteiger partial charge in [-0.05, 0) is 81.0 Å². The van der Waals surface area contributed by atoms with Crippen molar-refractivity contribution in [2.75, 3.05) is 38.6 Å². The summed E-state index contributed by atoms with van der Waals surface area (Å²) in [6.07, 6.45) is 7.76. The molecular weight excluding hydrogens is 484 g/mol. The molecule has 0 saturated heterocycles. The van der Waals surface area contributed by atoms with E-state index >= 15 is 0 Å². The number of carbonyl (C=O) groups excluding carboxylic acids is 3. The number of likely N-dealkylation sites (N-methyl/N-ethyl adjacent to an activating group) is 1. The Hall–Kier alpha value is -2.82. The molecule has 1 fully saturated rings. The summed E-state index contributed by atoms with van der Waals surface area (Å²) < 4.78 is 0. The third-order valence-corrected chi connectivity index (χ3v) is 9.11. The van der Waals surface area contributed by atoms with Crippen molar-refractivity contribution in [3.63, 3.8) is 0 Å². The molecule has 3 aliphatic carbocycles. The first-order valence-electron chi connectivity index (χ1n) is 11.8. The third kappa shape index (κ3) is 3.82. The van der Waals surface area contributed by atoms with E-state index in [1.165, 1.54) is 11.0 Å². The normalized spacial score (nSPS) is 28.7. The fourth-order valence-electron chi connectivity index (χ4n) is 5.96. The molecule has 1 aromatic carbocycles. The quantitative estimate of drug-likeness (QED) is 0.363. The van der Waals surface area contributed by atoms with Gasteiger partial charge in [0.1, 0.15) is 22.8 Å². The number of benzene rings is 1. The monoisotopic (exact) mass is 518 g/mol. The van der Waals surface area contributed by atoms with Crippen molar-refractivity contribution in [2.45, 2.75) is 30.9 Å². The first kappa shape index (κ1) is 26.2. The Balaban J connectivity index is 1.91. The van der Waals surface area contributed by atoms with Crippen molar-refractivity contribution >= 4 is 33.3 Å². The number of phenolic OH excluding ortho intramolecular Hbond substituents is 1. The van der Waals surface area contributed by atoms with E-state index < -0.39 is 68.1 Å². The molecular formula is C26H34N2O7S. The van der Waals surface area contributed by atoms with E-state index in [0.717, 1.165) is 23.3 Å². The van der Waals surface area contributed by atoms with Gasteiger partial charge in [-0.15, -0.1) is 0 Å². The topological polar surface area (TPSA) is 161 Å². The van der Waals surface area contributed by atoms with Crippen LogP contribution < -0.4 is 5.73 Å². The molecule has 0 bridgehead atoms. The van der Waals surface area contributed by atoms with Crippen molar-refractivity contribution < 1.29 is 34.8 Å². The lowest BCUT2D eigenvalue weighted by Crippen LogP contribution is -2.65. The molecule has 0 aliphatic heterocycles. The van der Waals surface area contributed by atoms with Crippen LogP contribution in [0, 0.1) is 11.8 Å². The number of ketones is 2. The van der Waals surface area contributed by atoms with Gasteiger partial charge in [-0.1, -0.05) is 6.07 Å². The number of rotatable bonds is 5. The second kappa shape index (κ2) is 8.64. The zero-order valence-electron chi connectivity index (χ0n) is 21.2. The van der Waals surface area contributed by atoms with E-state index in [1.54, 1.807) is 14.1 Å². The average Bonchev–Trinajstić information content (AvgIpc) is 2.74. The van der Waals surface area contributed by atoms with Crippen molar-refractivity contribution in [3.05, 3.63) is 45.7 Å². The molecule has 9 nitrogen and oxygen atoms in total. The lowest BCUT2D eigenvalue weighted by molar-refractivity contribution is -0.153. The third-order valence-electron chi connectivity index (χ3n) is 7.68. The second-order valence-corrected chi connectivity index (χ2v) is 15.7. The van der Waals surface area contributed by atoms with Gasteiger partial charge >= 0.3 is 0 Å². The minimum absolute atomic E-state index is 0.0887. The summed E-state index contributed by atoms with van der Waals surface area (Å²) in [7, 11) is 2.36. The highest BCUT2D eigenvalue weighted by molar-refractivity contribution is 8.32. The van der Waals surface area contributed by atoms with E-state index in [4.69, 9.17) is 5.73 Å². The lowest BCUT2D eigenvalue weighted by Gasteiger charge is -2.50. The number of nitrogens with two attached hydrogens (primary N) is 1. The van der Waals surface area contributed by atoms with Gasteiger partial charge in [-0.25, -0.2) is 10.0 Å². The Bertz CT molecular complexity index is 1240. The molecule has 1 saturated carbocycles. The molecule has 10 heteroatoms. The van der Waals surface area contributed by atoms with Gasteiger partial charge < -0.3 is 26.2 Å². The highest BCUT2D eigenvalue weighted by atomic mass is 32.3. The minimum Gasteiger partial charge on any atom is -0.508 e. The number of fused-ring (bicyclic) bond motifs is 3. The van der Waals surface area contributed by atoms with Crippen LogP contribution in [0.15, 0.2) is 29.0 Å². The number of Topliss-reactive ketones (excluding diaryl/α,β-unsaturated/α-hetero) is 2. The van der Waals surface area contributed by atoms with Crippen molar-refractivity contribution in [3.8, 4) is 5.75 Å². The Morgan fingerprint density at radius 1 is 1.17 bits per heavy atom. The van der Waals surface area contributed by atoms with Crippen LogP contribution in [0.5, 0.6) is 5.75 Å². The van der Waals surface area contributed by atoms with Gasteiger partial charge in [0.25, 0.3) is 5.91 Å². The highest BCUT2D eigenvalue weighted by Crippen LogP contribution is 2.53. The fraction of sp³-hybridized carbons (Fsp3) is 0.500. The number of hydrogen-bond acceptors (Lipinski definition) is 8. The molecule has 0 unspecified atom stereocenters. The number of primary amides is 1. The number of aliphatic hydroxyl groups is 3. The maximum atomic E-state index is 13.8. The molecule has 3 aliphatic rings. The van der Waals surface area contributed by atoms with Crippen LogP contribution in [0.1, 0.15) is 23.1 Å². The molecule has 1 amide bonds.